The molecule has 0 bridgehead atoms. The highest BCUT2D eigenvalue weighted by Gasteiger charge is 2.26. The SMILES string of the molecule is CCC1CCCCN1c1nc2c(cc1C#N)CCC2. The van der Waals surface area contributed by atoms with Crippen LogP contribution in [-0.4, -0.2) is 17.6 Å². The Bertz CT molecular complexity index is 515. The van der Waals surface area contributed by atoms with Gasteiger partial charge in [-0.2, -0.15) is 5.26 Å². The monoisotopic (exact) mass is 255 g/mol. The number of pyridine rings is 1. The second kappa shape index (κ2) is 5.21. The number of anilines is 1. The molecular formula is C16H21N3. The molecule has 1 saturated heterocycles. The highest BCUT2D eigenvalue weighted by Crippen LogP contribution is 2.31. The topological polar surface area (TPSA) is 39.9 Å². The van der Waals surface area contributed by atoms with Crippen LogP contribution in [0.1, 0.15) is 55.8 Å². The van der Waals surface area contributed by atoms with Gasteiger partial charge in [0.25, 0.3) is 0 Å². The van der Waals surface area contributed by atoms with E-state index in [9.17, 15) is 5.26 Å². The lowest BCUT2D eigenvalue weighted by atomic mass is 9.99. The predicted octanol–water partition coefficient (Wildman–Crippen LogP) is 3.21. The van der Waals surface area contributed by atoms with Gasteiger partial charge in [-0.15, -0.1) is 0 Å². The molecule has 1 fully saturated rings. The average molecular weight is 255 g/mol. The molecule has 0 saturated carbocycles. The van der Waals surface area contributed by atoms with Crippen molar-refractivity contribution in [3.05, 3.63) is 22.9 Å². The summed E-state index contributed by atoms with van der Waals surface area (Å²) >= 11 is 0. The lowest BCUT2D eigenvalue weighted by Gasteiger charge is -2.36. The summed E-state index contributed by atoms with van der Waals surface area (Å²) in [4.78, 5) is 7.24. The Labute approximate surface area is 115 Å². The standard InChI is InChI=1S/C16H21N3/c1-2-14-7-3-4-9-19(14)16-13(11-17)10-12-6-5-8-15(12)18-16/h10,14H,2-9H2,1H3. The number of piperidine rings is 1. The van der Waals surface area contributed by atoms with Crippen LogP contribution >= 0.6 is 0 Å². The molecule has 0 spiro atoms. The lowest BCUT2D eigenvalue weighted by Crippen LogP contribution is -2.40. The van der Waals surface area contributed by atoms with E-state index < -0.39 is 0 Å². The van der Waals surface area contributed by atoms with Crippen LogP contribution in [0.2, 0.25) is 0 Å². The minimum absolute atomic E-state index is 0.563. The number of rotatable bonds is 2. The number of fused-ring (bicyclic) bond motifs is 1. The fraction of sp³-hybridized carbons (Fsp3) is 0.625. The number of hydrogen-bond donors (Lipinski definition) is 0. The zero-order chi connectivity index (χ0) is 13.2. The van der Waals surface area contributed by atoms with E-state index in [0.717, 1.165) is 37.2 Å². The first-order valence-corrected chi connectivity index (χ1v) is 7.53. The summed E-state index contributed by atoms with van der Waals surface area (Å²) in [6, 6.07) is 5.02. The summed E-state index contributed by atoms with van der Waals surface area (Å²) in [5, 5.41) is 9.42. The molecule has 0 aromatic carbocycles. The van der Waals surface area contributed by atoms with Crippen LogP contribution in [0.4, 0.5) is 5.82 Å². The molecule has 2 aliphatic rings. The first kappa shape index (κ1) is 12.5. The Kier molecular flexibility index (Phi) is 3.42. The van der Waals surface area contributed by atoms with E-state index in [4.69, 9.17) is 4.98 Å². The molecule has 1 aliphatic heterocycles. The molecule has 2 heterocycles. The third kappa shape index (κ3) is 2.20. The molecule has 0 radical (unpaired) electrons. The first-order valence-electron chi connectivity index (χ1n) is 7.53. The maximum absolute atomic E-state index is 9.42. The molecule has 3 rings (SSSR count). The van der Waals surface area contributed by atoms with Gasteiger partial charge >= 0.3 is 0 Å². The number of aromatic nitrogens is 1. The van der Waals surface area contributed by atoms with E-state index in [1.807, 2.05) is 0 Å². The van der Waals surface area contributed by atoms with Crippen molar-refractivity contribution in [2.24, 2.45) is 0 Å². The van der Waals surface area contributed by atoms with Gasteiger partial charge in [-0.1, -0.05) is 6.92 Å². The molecular weight excluding hydrogens is 234 g/mol. The predicted molar refractivity (Wildman–Crippen MR) is 76.3 cm³/mol. The fourth-order valence-corrected chi connectivity index (χ4v) is 3.47. The summed E-state index contributed by atoms with van der Waals surface area (Å²) in [5.41, 5.74) is 3.31. The zero-order valence-corrected chi connectivity index (χ0v) is 11.7. The van der Waals surface area contributed by atoms with Gasteiger partial charge in [-0.25, -0.2) is 4.98 Å². The Morgan fingerprint density at radius 3 is 3.05 bits per heavy atom. The molecule has 3 nitrogen and oxygen atoms in total. The molecule has 1 aromatic rings. The van der Waals surface area contributed by atoms with E-state index in [-0.39, 0.29) is 0 Å². The number of nitriles is 1. The minimum Gasteiger partial charge on any atom is -0.353 e. The molecule has 0 amide bonds. The number of nitrogens with zero attached hydrogens (tertiary/aromatic N) is 3. The Balaban J connectivity index is 2.01. The van der Waals surface area contributed by atoms with Gasteiger partial charge in [0.2, 0.25) is 0 Å². The maximum Gasteiger partial charge on any atom is 0.147 e. The van der Waals surface area contributed by atoms with Gasteiger partial charge in [-0.05, 0) is 56.6 Å². The van der Waals surface area contributed by atoms with Crippen molar-refractivity contribution in [3.8, 4) is 6.07 Å². The van der Waals surface area contributed by atoms with Crippen LogP contribution in [0.5, 0.6) is 0 Å². The van der Waals surface area contributed by atoms with Crippen molar-refractivity contribution < 1.29 is 0 Å². The van der Waals surface area contributed by atoms with E-state index >= 15 is 0 Å². The molecule has 1 atom stereocenters. The van der Waals surface area contributed by atoms with Crippen LogP contribution in [0.15, 0.2) is 6.07 Å². The van der Waals surface area contributed by atoms with Crippen LogP contribution < -0.4 is 4.90 Å². The van der Waals surface area contributed by atoms with Crippen LogP contribution in [-0.2, 0) is 12.8 Å². The van der Waals surface area contributed by atoms with E-state index in [1.54, 1.807) is 0 Å². The molecule has 0 N–H and O–H groups in total. The fourth-order valence-electron chi connectivity index (χ4n) is 3.47. The third-order valence-electron chi connectivity index (χ3n) is 4.52. The van der Waals surface area contributed by atoms with E-state index in [1.165, 1.54) is 36.9 Å². The largest absolute Gasteiger partial charge is 0.353 e. The van der Waals surface area contributed by atoms with Gasteiger partial charge in [0.05, 0.1) is 5.56 Å². The molecule has 1 aromatic heterocycles. The van der Waals surface area contributed by atoms with Gasteiger partial charge in [0.15, 0.2) is 0 Å². The van der Waals surface area contributed by atoms with E-state index in [0.29, 0.717) is 6.04 Å². The van der Waals surface area contributed by atoms with Gasteiger partial charge in [-0.3, -0.25) is 0 Å². The normalized spacial score (nSPS) is 22.1. The molecule has 1 aliphatic carbocycles. The number of hydrogen-bond acceptors (Lipinski definition) is 3. The van der Waals surface area contributed by atoms with Crippen molar-refractivity contribution in [2.75, 3.05) is 11.4 Å². The summed E-state index contributed by atoms with van der Waals surface area (Å²) in [7, 11) is 0. The first-order chi connectivity index (χ1) is 9.33. The van der Waals surface area contributed by atoms with Gasteiger partial charge in [0.1, 0.15) is 11.9 Å². The second-order valence-corrected chi connectivity index (χ2v) is 5.68. The third-order valence-corrected chi connectivity index (χ3v) is 4.52. The summed E-state index contributed by atoms with van der Waals surface area (Å²) in [6.45, 7) is 3.29. The molecule has 1 unspecified atom stereocenters. The van der Waals surface area contributed by atoms with Crippen LogP contribution in [0, 0.1) is 11.3 Å². The van der Waals surface area contributed by atoms with Crippen LogP contribution in [0.25, 0.3) is 0 Å². The van der Waals surface area contributed by atoms with E-state index in [2.05, 4.69) is 24.0 Å². The molecule has 100 valence electrons. The number of aryl methyl sites for hydroxylation is 2. The zero-order valence-electron chi connectivity index (χ0n) is 11.7. The van der Waals surface area contributed by atoms with Crippen molar-refractivity contribution in [1.82, 2.24) is 4.98 Å². The Morgan fingerprint density at radius 1 is 1.37 bits per heavy atom. The van der Waals surface area contributed by atoms with Gasteiger partial charge < -0.3 is 4.90 Å². The van der Waals surface area contributed by atoms with Crippen molar-refractivity contribution in [2.45, 2.75) is 57.9 Å². The quantitative estimate of drug-likeness (QED) is 0.814. The summed E-state index contributed by atoms with van der Waals surface area (Å²) in [5.74, 6) is 0.953. The molecule has 3 heteroatoms. The second-order valence-electron chi connectivity index (χ2n) is 5.68. The Hall–Kier alpha value is -1.56. The summed E-state index contributed by atoms with van der Waals surface area (Å²) in [6.07, 6.45) is 8.27. The average Bonchev–Trinajstić information content (AvgIpc) is 2.93. The molecule has 19 heavy (non-hydrogen) atoms. The summed E-state index contributed by atoms with van der Waals surface area (Å²) < 4.78 is 0. The Morgan fingerprint density at radius 2 is 2.26 bits per heavy atom. The van der Waals surface area contributed by atoms with Gasteiger partial charge in [0, 0.05) is 18.3 Å². The highest BCUT2D eigenvalue weighted by atomic mass is 15.2. The minimum atomic E-state index is 0.563. The van der Waals surface area contributed by atoms with Crippen LogP contribution in [0.3, 0.4) is 0 Å². The smallest absolute Gasteiger partial charge is 0.147 e. The maximum atomic E-state index is 9.42. The lowest BCUT2D eigenvalue weighted by molar-refractivity contribution is 0.446. The van der Waals surface area contributed by atoms with Crippen molar-refractivity contribution in [3.63, 3.8) is 0 Å². The highest BCUT2D eigenvalue weighted by molar-refractivity contribution is 5.57. The van der Waals surface area contributed by atoms with Crippen molar-refractivity contribution in [1.29, 1.82) is 5.26 Å². The van der Waals surface area contributed by atoms with Crippen molar-refractivity contribution >= 4 is 5.82 Å².